The lowest BCUT2D eigenvalue weighted by atomic mass is 10.1. The van der Waals surface area contributed by atoms with Crippen LogP contribution in [0.2, 0.25) is 0 Å². The second-order valence-electron chi connectivity index (χ2n) is 6.68. The van der Waals surface area contributed by atoms with Gasteiger partial charge in [-0.25, -0.2) is 0 Å². The number of rotatable bonds is 5. The zero-order valence-electron chi connectivity index (χ0n) is 16.0. The van der Waals surface area contributed by atoms with Gasteiger partial charge in [-0.15, -0.1) is 15.0 Å². The van der Waals surface area contributed by atoms with Crippen LogP contribution in [0.4, 0.5) is 18.9 Å². The molecule has 0 fully saturated rings. The van der Waals surface area contributed by atoms with Gasteiger partial charge in [0.15, 0.2) is 6.04 Å². The standard InChI is InChI=1S/C22H16F3N5O/c23-22(24,25)17-11-7-10-16(14-17)20-27-29-30(28-20)19(15-8-3-1-4-9-15)21(31)26-18-12-5-2-6-13-18/h1-14,19H,(H,26,31). The minimum Gasteiger partial charge on any atom is -0.324 e. The summed E-state index contributed by atoms with van der Waals surface area (Å²) in [6.45, 7) is 0. The van der Waals surface area contributed by atoms with Gasteiger partial charge in [0.2, 0.25) is 5.82 Å². The van der Waals surface area contributed by atoms with Crippen LogP contribution in [0.5, 0.6) is 0 Å². The summed E-state index contributed by atoms with van der Waals surface area (Å²) in [6.07, 6.45) is -4.49. The molecule has 9 heteroatoms. The van der Waals surface area contributed by atoms with Crippen molar-refractivity contribution in [2.24, 2.45) is 0 Å². The summed E-state index contributed by atoms with van der Waals surface area (Å²) >= 11 is 0. The molecule has 31 heavy (non-hydrogen) atoms. The zero-order valence-corrected chi connectivity index (χ0v) is 16.0. The number of alkyl halides is 3. The Bertz CT molecular complexity index is 1180. The van der Waals surface area contributed by atoms with Crippen LogP contribution in [0.3, 0.4) is 0 Å². The summed E-state index contributed by atoms with van der Waals surface area (Å²) in [6, 6.07) is 21.4. The van der Waals surface area contributed by atoms with E-state index in [4.69, 9.17) is 0 Å². The summed E-state index contributed by atoms with van der Waals surface area (Å²) < 4.78 is 39.1. The van der Waals surface area contributed by atoms with Crippen molar-refractivity contribution in [2.75, 3.05) is 5.32 Å². The van der Waals surface area contributed by atoms with Gasteiger partial charge in [0.25, 0.3) is 5.91 Å². The van der Waals surface area contributed by atoms with Gasteiger partial charge < -0.3 is 5.32 Å². The molecule has 0 aliphatic heterocycles. The van der Waals surface area contributed by atoms with Gasteiger partial charge >= 0.3 is 6.18 Å². The first-order chi connectivity index (χ1) is 14.9. The van der Waals surface area contributed by atoms with Crippen LogP contribution >= 0.6 is 0 Å². The molecule has 0 spiro atoms. The molecule has 1 N–H and O–H groups in total. The molecule has 0 saturated carbocycles. The number of benzene rings is 3. The molecule has 3 aromatic carbocycles. The van der Waals surface area contributed by atoms with Crippen LogP contribution in [0, 0.1) is 0 Å². The predicted octanol–water partition coefficient (Wildman–Crippen LogP) is 4.59. The molecule has 0 saturated heterocycles. The highest BCUT2D eigenvalue weighted by molar-refractivity contribution is 5.95. The molecule has 1 aromatic heterocycles. The van der Waals surface area contributed by atoms with Crippen LogP contribution in [0.25, 0.3) is 11.4 Å². The first kappa shape index (κ1) is 20.3. The normalized spacial score (nSPS) is 12.4. The van der Waals surface area contributed by atoms with Crippen LogP contribution in [0.15, 0.2) is 84.9 Å². The molecule has 1 unspecified atom stereocenters. The molecule has 6 nitrogen and oxygen atoms in total. The van der Waals surface area contributed by atoms with E-state index >= 15 is 0 Å². The predicted molar refractivity (Wildman–Crippen MR) is 108 cm³/mol. The summed E-state index contributed by atoms with van der Waals surface area (Å²) in [4.78, 5) is 14.2. The molecule has 0 aliphatic carbocycles. The lowest BCUT2D eigenvalue weighted by Crippen LogP contribution is -2.28. The number of amides is 1. The SMILES string of the molecule is O=C(Nc1ccccc1)C(c1ccccc1)n1nnc(-c2cccc(C(F)(F)F)c2)n1. The molecular weight excluding hydrogens is 407 g/mol. The Labute approximate surface area is 175 Å². The first-order valence-corrected chi connectivity index (χ1v) is 9.30. The molecule has 4 aromatic rings. The van der Waals surface area contributed by atoms with Gasteiger partial charge in [-0.1, -0.05) is 60.7 Å². The Morgan fingerprint density at radius 3 is 2.26 bits per heavy atom. The second kappa shape index (κ2) is 8.39. The number of hydrogen-bond acceptors (Lipinski definition) is 4. The lowest BCUT2D eigenvalue weighted by Gasteiger charge is -2.16. The lowest BCUT2D eigenvalue weighted by molar-refractivity contribution is -0.137. The molecule has 0 bridgehead atoms. The Hall–Kier alpha value is -4.01. The van der Waals surface area contributed by atoms with E-state index in [-0.39, 0.29) is 11.4 Å². The van der Waals surface area contributed by atoms with E-state index in [9.17, 15) is 18.0 Å². The first-order valence-electron chi connectivity index (χ1n) is 9.30. The number of hydrogen-bond donors (Lipinski definition) is 1. The molecular formula is C22H16F3N5O. The highest BCUT2D eigenvalue weighted by Gasteiger charge is 2.31. The van der Waals surface area contributed by atoms with Gasteiger partial charge in [-0.2, -0.15) is 13.2 Å². The largest absolute Gasteiger partial charge is 0.416 e. The van der Waals surface area contributed by atoms with E-state index in [2.05, 4.69) is 20.7 Å². The summed E-state index contributed by atoms with van der Waals surface area (Å²) in [5, 5.41) is 14.8. The van der Waals surface area contributed by atoms with Crippen LogP contribution in [0.1, 0.15) is 17.2 Å². The van der Waals surface area contributed by atoms with Crippen molar-refractivity contribution in [3.63, 3.8) is 0 Å². The minimum absolute atomic E-state index is 0.0143. The molecule has 1 heterocycles. The Balaban J connectivity index is 1.69. The fraction of sp³-hybridized carbons (Fsp3) is 0.0909. The summed E-state index contributed by atoms with van der Waals surface area (Å²) in [7, 11) is 0. The maximum absolute atomic E-state index is 13.1. The molecule has 156 valence electrons. The van der Waals surface area contributed by atoms with Crippen molar-refractivity contribution >= 4 is 11.6 Å². The van der Waals surface area contributed by atoms with Crippen LogP contribution in [-0.2, 0) is 11.0 Å². The third-order valence-electron chi connectivity index (χ3n) is 4.51. The third kappa shape index (κ3) is 4.61. The van der Waals surface area contributed by atoms with Gasteiger partial charge in [0.1, 0.15) is 0 Å². The van der Waals surface area contributed by atoms with Crippen molar-refractivity contribution in [1.29, 1.82) is 0 Å². The van der Waals surface area contributed by atoms with E-state index < -0.39 is 23.7 Å². The van der Waals surface area contributed by atoms with Crippen molar-refractivity contribution in [3.8, 4) is 11.4 Å². The number of carbonyl (C=O) groups excluding carboxylic acids is 1. The van der Waals surface area contributed by atoms with Gasteiger partial charge in [-0.3, -0.25) is 4.79 Å². The molecule has 1 atom stereocenters. The number of nitrogens with zero attached hydrogens (tertiary/aromatic N) is 4. The Morgan fingerprint density at radius 2 is 1.58 bits per heavy atom. The molecule has 1 amide bonds. The van der Waals surface area contributed by atoms with Crippen LogP contribution in [-0.4, -0.2) is 26.1 Å². The van der Waals surface area contributed by atoms with E-state index in [1.54, 1.807) is 54.6 Å². The smallest absolute Gasteiger partial charge is 0.324 e. The molecule has 4 rings (SSSR count). The maximum atomic E-state index is 13.1. The number of carbonyl (C=O) groups is 1. The number of halogens is 3. The van der Waals surface area contributed by atoms with E-state index in [1.807, 2.05) is 6.07 Å². The number of anilines is 1. The summed E-state index contributed by atoms with van der Waals surface area (Å²) in [5.74, 6) is -0.426. The highest BCUT2D eigenvalue weighted by Crippen LogP contribution is 2.31. The van der Waals surface area contributed by atoms with E-state index in [1.165, 1.54) is 12.1 Å². The van der Waals surface area contributed by atoms with Crippen molar-refractivity contribution in [3.05, 3.63) is 96.1 Å². The average molecular weight is 423 g/mol. The van der Waals surface area contributed by atoms with E-state index in [0.717, 1.165) is 16.9 Å². The van der Waals surface area contributed by atoms with Gasteiger partial charge in [0, 0.05) is 11.3 Å². The summed E-state index contributed by atoms with van der Waals surface area (Å²) in [5.41, 5.74) is 0.523. The quantitative estimate of drug-likeness (QED) is 0.510. The monoisotopic (exact) mass is 423 g/mol. The fourth-order valence-corrected chi connectivity index (χ4v) is 3.04. The topological polar surface area (TPSA) is 72.7 Å². The van der Waals surface area contributed by atoms with Crippen molar-refractivity contribution in [2.45, 2.75) is 12.2 Å². The number of aromatic nitrogens is 4. The Morgan fingerprint density at radius 1 is 0.903 bits per heavy atom. The zero-order chi connectivity index (χ0) is 21.8. The van der Waals surface area contributed by atoms with Crippen molar-refractivity contribution in [1.82, 2.24) is 20.2 Å². The minimum atomic E-state index is -4.49. The fourth-order valence-electron chi connectivity index (χ4n) is 3.04. The van der Waals surface area contributed by atoms with E-state index in [0.29, 0.717) is 11.3 Å². The number of tetrazole rings is 1. The highest BCUT2D eigenvalue weighted by atomic mass is 19.4. The van der Waals surface area contributed by atoms with Crippen molar-refractivity contribution < 1.29 is 18.0 Å². The number of para-hydroxylation sites is 1. The molecule has 0 radical (unpaired) electrons. The van der Waals surface area contributed by atoms with Crippen LogP contribution < -0.4 is 5.32 Å². The maximum Gasteiger partial charge on any atom is 0.416 e. The second-order valence-corrected chi connectivity index (χ2v) is 6.68. The third-order valence-corrected chi connectivity index (χ3v) is 4.51. The van der Waals surface area contributed by atoms with Gasteiger partial charge in [0.05, 0.1) is 5.56 Å². The Kier molecular flexibility index (Phi) is 5.48. The average Bonchev–Trinajstić information content (AvgIpc) is 3.24. The molecule has 0 aliphatic rings. The van der Waals surface area contributed by atoms with Gasteiger partial charge in [-0.05, 0) is 35.0 Å². The number of nitrogens with one attached hydrogen (secondary N) is 1.